The molecule has 0 bridgehead atoms. The molecule has 1 amide bonds. The van der Waals surface area contributed by atoms with E-state index in [-0.39, 0.29) is 11.9 Å². The first-order chi connectivity index (χ1) is 9.02. The molecule has 19 heavy (non-hydrogen) atoms. The van der Waals surface area contributed by atoms with Crippen LogP contribution in [-0.4, -0.2) is 25.0 Å². The maximum atomic E-state index is 11.7. The van der Waals surface area contributed by atoms with Crippen LogP contribution in [0.4, 0.5) is 11.4 Å². The smallest absolute Gasteiger partial charge is 0.221 e. The number of carbonyl (C=O) groups is 1. The fraction of sp³-hybridized carbons (Fsp3) is 0.533. The van der Waals surface area contributed by atoms with Gasteiger partial charge in [0.05, 0.1) is 0 Å². The van der Waals surface area contributed by atoms with Gasteiger partial charge in [0, 0.05) is 36.9 Å². The summed E-state index contributed by atoms with van der Waals surface area (Å²) in [4.78, 5) is 13.9. The van der Waals surface area contributed by atoms with E-state index >= 15 is 0 Å². The Morgan fingerprint density at radius 1 is 1.26 bits per heavy atom. The highest BCUT2D eigenvalue weighted by Gasteiger charge is 2.09. The van der Waals surface area contributed by atoms with Crippen LogP contribution < -0.4 is 16.0 Å². The first kappa shape index (κ1) is 15.3. The fourth-order valence-electron chi connectivity index (χ4n) is 1.96. The largest absolute Gasteiger partial charge is 0.399 e. The number of hydrogen-bond acceptors (Lipinski definition) is 3. The van der Waals surface area contributed by atoms with Crippen LogP contribution >= 0.6 is 0 Å². The molecule has 0 heterocycles. The molecule has 0 saturated carbocycles. The predicted molar refractivity (Wildman–Crippen MR) is 81.3 cm³/mol. The minimum absolute atomic E-state index is 0.103. The average molecular weight is 263 g/mol. The van der Waals surface area contributed by atoms with Crippen molar-refractivity contribution in [3.05, 3.63) is 24.3 Å². The second-order valence-electron chi connectivity index (χ2n) is 5.05. The maximum Gasteiger partial charge on any atom is 0.221 e. The quantitative estimate of drug-likeness (QED) is 0.743. The van der Waals surface area contributed by atoms with Gasteiger partial charge in [-0.1, -0.05) is 6.92 Å². The van der Waals surface area contributed by atoms with Crippen molar-refractivity contribution < 1.29 is 4.79 Å². The molecule has 1 aromatic carbocycles. The molecule has 0 radical (unpaired) electrons. The number of nitrogens with zero attached hydrogens (tertiary/aromatic N) is 1. The van der Waals surface area contributed by atoms with Crippen molar-refractivity contribution in [1.29, 1.82) is 0 Å². The van der Waals surface area contributed by atoms with E-state index in [1.54, 1.807) is 0 Å². The first-order valence-corrected chi connectivity index (χ1v) is 6.92. The summed E-state index contributed by atoms with van der Waals surface area (Å²) in [6.07, 6.45) is 1.57. The van der Waals surface area contributed by atoms with Crippen molar-refractivity contribution in [2.75, 3.05) is 23.7 Å². The van der Waals surface area contributed by atoms with Crippen LogP contribution in [-0.2, 0) is 4.79 Å². The van der Waals surface area contributed by atoms with Crippen LogP contribution in [0.1, 0.15) is 33.6 Å². The summed E-state index contributed by atoms with van der Waals surface area (Å²) in [6, 6.07) is 8.00. The Kier molecular flexibility index (Phi) is 6.19. The molecule has 106 valence electrons. The molecule has 0 aromatic heterocycles. The molecule has 1 aromatic rings. The second kappa shape index (κ2) is 7.67. The molecule has 0 unspecified atom stereocenters. The van der Waals surface area contributed by atoms with Gasteiger partial charge in [-0.3, -0.25) is 4.79 Å². The highest BCUT2D eigenvalue weighted by molar-refractivity contribution is 5.76. The SMILES string of the molecule is CCCN(CCC(=O)NC(C)C)c1ccc(N)cc1. The summed E-state index contributed by atoms with van der Waals surface area (Å²) >= 11 is 0. The van der Waals surface area contributed by atoms with Crippen molar-refractivity contribution in [3.8, 4) is 0 Å². The molecule has 0 atom stereocenters. The lowest BCUT2D eigenvalue weighted by atomic mass is 10.2. The van der Waals surface area contributed by atoms with E-state index in [4.69, 9.17) is 5.73 Å². The van der Waals surface area contributed by atoms with E-state index in [9.17, 15) is 4.79 Å². The summed E-state index contributed by atoms with van der Waals surface area (Å²) in [7, 11) is 0. The number of benzene rings is 1. The van der Waals surface area contributed by atoms with E-state index < -0.39 is 0 Å². The molecular formula is C15H25N3O. The highest BCUT2D eigenvalue weighted by atomic mass is 16.1. The molecular weight excluding hydrogens is 238 g/mol. The van der Waals surface area contributed by atoms with Gasteiger partial charge in [-0.25, -0.2) is 0 Å². The minimum Gasteiger partial charge on any atom is -0.399 e. The van der Waals surface area contributed by atoms with Crippen LogP contribution in [0.15, 0.2) is 24.3 Å². The molecule has 3 N–H and O–H groups in total. The monoisotopic (exact) mass is 263 g/mol. The summed E-state index contributed by atoms with van der Waals surface area (Å²) in [5.74, 6) is 0.103. The zero-order chi connectivity index (χ0) is 14.3. The van der Waals surface area contributed by atoms with E-state index in [0.717, 1.165) is 30.9 Å². The number of nitrogens with one attached hydrogen (secondary N) is 1. The van der Waals surface area contributed by atoms with Crippen LogP contribution in [0, 0.1) is 0 Å². The highest BCUT2D eigenvalue weighted by Crippen LogP contribution is 2.16. The summed E-state index contributed by atoms with van der Waals surface area (Å²) < 4.78 is 0. The third-order valence-corrected chi connectivity index (χ3v) is 2.81. The molecule has 0 saturated heterocycles. The van der Waals surface area contributed by atoms with Gasteiger partial charge < -0.3 is 16.0 Å². The lowest BCUT2D eigenvalue weighted by molar-refractivity contribution is -0.121. The van der Waals surface area contributed by atoms with Crippen LogP contribution in [0.25, 0.3) is 0 Å². The summed E-state index contributed by atoms with van der Waals surface area (Å²) in [6.45, 7) is 7.76. The number of hydrogen-bond donors (Lipinski definition) is 2. The van der Waals surface area contributed by atoms with Crippen molar-refractivity contribution in [2.45, 2.75) is 39.7 Å². The topological polar surface area (TPSA) is 58.4 Å². The molecule has 4 nitrogen and oxygen atoms in total. The van der Waals surface area contributed by atoms with E-state index in [1.807, 2.05) is 38.1 Å². The average Bonchev–Trinajstić information content (AvgIpc) is 2.35. The van der Waals surface area contributed by atoms with E-state index in [1.165, 1.54) is 0 Å². The predicted octanol–water partition coefficient (Wildman–Crippen LogP) is 2.40. The Morgan fingerprint density at radius 3 is 2.42 bits per heavy atom. The number of amides is 1. The van der Waals surface area contributed by atoms with Gasteiger partial charge in [-0.2, -0.15) is 0 Å². The third-order valence-electron chi connectivity index (χ3n) is 2.81. The van der Waals surface area contributed by atoms with E-state index in [0.29, 0.717) is 6.42 Å². The lowest BCUT2D eigenvalue weighted by Crippen LogP contribution is -2.34. The number of carbonyl (C=O) groups excluding carboxylic acids is 1. The van der Waals surface area contributed by atoms with Crippen molar-refractivity contribution >= 4 is 17.3 Å². The second-order valence-corrected chi connectivity index (χ2v) is 5.05. The maximum absolute atomic E-state index is 11.7. The van der Waals surface area contributed by atoms with Crippen molar-refractivity contribution in [2.24, 2.45) is 0 Å². The van der Waals surface area contributed by atoms with Crippen LogP contribution in [0.5, 0.6) is 0 Å². The molecule has 0 aliphatic carbocycles. The molecule has 0 aliphatic rings. The Balaban J connectivity index is 2.58. The van der Waals surface area contributed by atoms with Crippen LogP contribution in [0.2, 0.25) is 0 Å². The number of rotatable bonds is 7. The van der Waals surface area contributed by atoms with Crippen molar-refractivity contribution in [1.82, 2.24) is 5.32 Å². The lowest BCUT2D eigenvalue weighted by Gasteiger charge is -2.24. The van der Waals surface area contributed by atoms with Gasteiger partial charge in [-0.15, -0.1) is 0 Å². The van der Waals surface area contributed by atoms with Gasteiger partial charge in [0.25, 0.3) is 0 Å². The fourth-order valence-corrected chi connectivity index (χ4v) is 1.96. The van der Waals surface area contributed by atoms with Crippen LogP contribution in [0.3, 0.4) is 0 Å². The Labute approximate surface area is 116 Å². The summed E-state index contributed by atoms with van der Waals surface area (Å²) in [5.41, 5.74) is 7.58. The molecule has 0 spiro atoms. The zero-order valence-electron chi connectivity index (χ0n) is 12.1. The number of anilines is 2. The number of nitrogens with two attached hydrogens (primary N) is 1. The standard InChI is InChI=1S/C15H25N3O/c1-4-10-18(11-9-15(19)17-12(2)3)14-7-5-13(16)6-8-14/h5-8,12H,4,9-11,16H2,1-3H3,(H,17,19). The normalized spacial score (nSPS) is 10.5. The minimum atomic E-state index is 0.103. The molecule has 4 heteroatoms. The third kappa shape index (κ3) is 5.64. The molecule has 0 fully saturated rings. The zero-order valence-corrected chi connectivity index (χ0v) is 12.1. The first-order valence-electron chi connectivity index (χ1n) is 6.92. The van der Waals surface area contributed by atoms with E-state index in [2.05, 4.69) is 17.1 Å². The van der Waals surface area contributed by atoms with Gasteiger partial charge in [0.15, 0.2) is 0 Å². The number of nitrogen functional groups attached to an aromatic ring is 1. The molecule has 1 rings (SSSR count). The molecule has 0 aliphatic heterocycles. The Hall–Kier alpha value is -1.71. The van der Waals surface area contributed by atoms with Gasteiger partial charge in [-0.05, 0) is 44.5 Å². The van der Waals surface area contributed by atoms with Gasteiger partial charge >= 0.3 is 0 Å². The van der Waals surface area contributed by atoms with Gasteiger partial charge in [0.2, 0.25) is 5.91 Å². The summed E-state index contributed by atoms with van der Waals surface area (Å²) in [5, 5.41) is 2.92. The Morgan fingerprint density at radius 2 is 1.89 bits per heavy atom. The Bertz CT molecular complexity index is 387. The van der Waals surface area contributed by atoms with Crippen molar-refractivity contribution in [3.63, 3.8) is 0 Å². The van der Waals surface area contributed by atoms with Gasteiger partial charge in [0.1, 0.15) is 0 Å².